The van der Waals surface area contributed by atoms with Crippen LogP contribution in [0.25, 0.3) is 5.69 Å². The summed E-state index contributed by atoms with van der Waals surface area (Å²) < 4.78 is 19.3. The van der Waals surface area contributed by atoms with Crippen LogP contribution in [0.1, 0.15) is 47.0 Å². The molecule has 140 valence electrons. The van der Waals surface area contributed by atoms with E-state index in [0.717, 1.165) is 0 Å². The van der Waals surface area contributed by atoms with Crippen molar-refractivity contribution >= 4 is 11.8 Å². The molecule has 9 heteroatoms. The number of unbranched alkanes of at least 4 members (excludes halogenated alkanes) is 2. The molecule has 1 heterocycles. The maximum absolute atomic E-state index is 12.2. The first-order chi connectivity index (χ1) is 12.6. The Morgan fingerprint density at radius 1 is 1.31 bits per heavy atom. The maximum Gasteiger partial charge on any atom is 0.270 e. The lowest BCUT2D eigenvalue weighted by Crippen LogP contribution is -2.22. The summed E-state index contributed by atoms with van der Waals surface area (Å²) in [5.41, 5.74) is 6.17. The number of benzene rings is 1. The minimum absolute atomic E-state index is 0.0201. The molecular formula is C17H22FN5O3. The molecule has 2 aromatic rings. The number of nitrogens with zero attached hydrogens (tertiary/aromatic N) is 3. The summed E-state index contributed by atoms with van der Waals surface area (Å²) >= 11 is 0. The summed E-state index contributed by atoms with van der Waals surface area (Å²) in [6.07, 6.45) is 3.26. The van der Waals surface area contributed by atoms with E-state index in [1.165, 1.54) is 10.9 Å². The van der Waals surface area contributed by atoms with Crippen molar-refractivity contribution < 1.29 is 18.7 Å². The summed E-state index contributed by atoms with van der Waals surface area (Å²) in [5, 5.41) is 10.3. The third-order valence-corrected chi connectivity index (χ3v) is 3.59. The van der Waals surface area contributed by atoms with Crippen LogP contribution >= 0.6 is 0 Å². The highest BCUT2D eigenvalue weighted by Gasteiger charge is 2.14. The summed E-state index contributed by atoms with van der Waals surface area (Å²) in [6.45, 7) is 2.34. The number of hydrogen-bond acceptors (Lipinski definition) is 5. The fourth-order valence-electron chi connectivity index (χ4n) is 2.27. The van der Waals surface area contributed by atoms with Crippen molar-refractivity contribution in [3.63, 3.8) is 0 Å². The van der Waals surface area contributed by atoms with Gasteiger partial charge in [-0.1, -0.05) is 5.21 Å². The van der Waals surface area contributed by atoms with Crippen LogP contribution in [0.4, 0.5) is 4.39 Å². The summed E-state index contributed by atoms with van der Waals surface area (Å²) in [5.74, 6) is -0.503. The number of carbonyl (C=O) groups is 2. The molecule has 0 unspecified atom stereocenters. The van der Waals surface area contributed by atoms with Crippen LogP contribution in [0.2, 0.25) is 0 Å². The predicted octanol–water partition coefficient (Wildman–Crippen LogP) is 1.63. The highest BCUT2D eigenvalue weighted by molar-refractivity contribution is 5.95. The predicted molar refractivity (Wildman–Crippen MR) is 93.2 cm³/mol. The largest absolute Gasteiger partial charge is 0.491 e. The van der Waals surface area contributed by atoms with Gasteiger partial charge in [-0.3, -0.25) is 14.0 Å². The van der Waals surface area contributed by atoms with Crippen molar-refractivity contribution in [1.29, 1.82) is 0 Å². The number of ether oxygens (including phenoxy) is 1. The molecule has 2 rings (SSSR count). The second-order valence-corrected chi connectivity index (χ2v) is 5.55. The molecule has 0 saturated carbocycles. The second kappa shape index (κ2) is 9.50. The molecule has 1 aromatic carbocycles. The van der Waals surface area contributed by atoms with E-state index in [9.17, 15) is 14.0 Å². The fraction of sp³-hybridized carbons (Fsp3) is 0.412. The lowest BCUT2D eigenvalue weighted by Gasteiger charge is -2.13. The molecule has 8 nitrogen and oxygen atoms in total. The molecular weight excluding hydrogens is 341 g/mol. The van der Waals surface area contributed by atoms with Gasteiger partial charge in [-0.2, -0.15) is 0 Å². The first kappa shape index (κ1) is 19.4. The zero-order valence-corrected chi connectivity index (χ0v) is 14.6. The van der Waals surface area contributed by atoms with Gasteiger partial charge in [0.1, 0.15) is 11.4 Å². The lowest BCUT2D eigenvalue weighted by atomic mass is 10.1. The number of primary amides is 1. The first-order valence-electron chi connectivity index (χ1n) is 8.40. The van der Waals surface area contributed by atoms with E-state index in [1.807, 2.05) is 6.92 Å². The first-order valence-corrected chi connectivity index (χ1v) is 8.40. The molecule has 3 N–H and O–H groups in total. The Kier molecular flexibility index (Phi) is 7.07. The molecule has 1 aromatic heterocycles. The molecule has 0 aliphatic heterocycles. The standard InChI is InChI=1S/C17H22FN5O3/c1-2-20-17(25)12-6-7-14(23-11-13(16(19)24)21-22-23)15(10-12)26-9-5-3-4-8-18/h6-7,10-11H,2-5,8-9H2,1H3,(H2,19,24)(H,20,25). The van der Waals surface area contributed by atoms with Gasteiger partial charge < -0.3 is 15.8 Å². The normalized spacial score (nSPS) is 10.5. The monoisotopic (exact) mass is 363 g/mol. The van der Waals surface area contributed by atoms with Crippen LogP contribution in [0, 0.1) is 0 Å². The smallest absolute Gasteiger partial charge is 0.270 e. The Morgan fingerprint density at radius 2 is 2.12 bits per heavy atom. The van der Waals surface area contributed by atoms with Gasteiger partial charge >= 0.3 is 0 Å². The van der Waals surface area contributed by atoms with Gasteiger partial charge in [0.05, 0.1) is 19.5 Å². The zero-order valence-electron chi connectivity index (χ0n) is 14.6. The van der Waals surface area contributed by atoms with E-state index in [4.69, 9.17) is 10.5 Å². The molecule has 0 radical (unpaired) electrons. The van der Waals surface area contributed by atoms with Crippen molar-refractivity contribution in [3.8, 4) is 11.4 Å². The van der Waals surface area contributed by atoms with Crippen LogP contribution < -0.4 is 15.8 Å². The highest BCUT2D eigenvalue weighted by Crippen LogP contribution is 2.24. The van der Waals surface area contributed by atoms with Gasteiger partial charge in [-0.25, -0.2) is 4.68 Å². The van der Waals surface area contributed by atoms with Crippen molar-refractivity contribution in [2.75, 3.05) is 19.8 Å². The zero-order chi connectivity index (χ0) is 18.9. The molecule has 0 saturated heterocycles. The van der Waals surface area contributed by atoms with Crippen molar-refractivity contribution in [2.45, 2.75) is 26.2 Å². The maximum atomic E-state index is 12.2. The van der Waals surface area contributed by atoms with Crippen LogP contribution in [0.3, 0.4) is 0 Å². The molecule has 26 heavy (non-hydrogen) atoms. The van der Waals surface area contributed by atoms with Crippen LogP contribution in [0.5, 0.6) is 5.75 Å². The number of alkyl halides is 1. The van der Waals surface area contributed by atoms with E-state index in [1.54, 1.807) is 18.2 Å². The highest BCUT2D eigenvalue weighted by atomic mass is 19.1. The van der Waals surface area contributed by atoms with Crippen molar-refractivity contribution in [3.05, 3.63) is 35.7 Å². The summed E-state index contributed by atoms with van der Waals surface area (Å²) in [6, 6.07) is 4.88. The lowest BCUT2D eigenvalue weighted by molar-refractivity contribution is 0.0953. The number of carbonyl (C=O) groups excluding carboxylic acids is 2. The average molecular weight is 363 g/mol. The quantitative estimate of drug-likeness (QED) is 0.623. The van der Waals surface area contributed by atoms with Gasteiger partial charge in [0.2, 0.25) is 0 Å². The number of nitrogens with one attached hydrogen (secondary N) is 1. The van der Waals surface area contributed by atoms with E-state index < -0.39 is 5.91 Å². The van der Waals surface area contributed by atoms with E-state index >= 15 is 0 Å². The van der Waals surface area contributed by atoms with Crippen LogP contribution in [0.15, 0.2) is 24.4 Å². The molecule has 0 bridgehead atoms. The Bertz CT molecular complexity index is 763. The number of hydrogen-bond donors (Lipinski definition) is 2. The molecule has 0 fully saturated rings. The van der Waals surface area contributed by atoms with Crippen molar-refractivity contribution in [2.24, 2.45) is 5.73 Å². The van der Waals surface area contributed by atoms with Crippen LogP contribution in [-0.4, -0.2) is 46.6 Å². The fourth-order valence-corrected chi connectivity index (χ4v) is 2.27. The Hall–Kier alpha value is -2.97. The number of nitrogens with two attached hydrogens (primary N) is 1. The molecule has 0 aliphatic carbocycles. The van der Waals surface area contributed by atoms with Gasteiger partial charge in [-0.05, 0) is 44.4 Å². The average Bonchev–Trinajstić information content (AvgIpc) is 3.12. The number of halogens is 1. The molecule has 0 atom stereocenters. The molecule has 2 amide bonds. The molecule has 0 aliphatic rings. The number of amides is 2. The minimum Gasteiger partial charge on any atom is -0.491 e. The van der Waals surface area contributed by atoms with Gasteiger partial charge in [0, 0.05) is 12.1 Å². The van der Waals surface area contributed by atoms with E-state index in [2.05, 4.69) is 15.6 Å². The van der Waals surface area contributed by atoms with E-state index in [-0.39, 0.29) is 18.3 Å². The number of rotatable bonds is 10. The van der Waals surface area contributed by atoms with Crippen LogP contribution in [-0.2, 0) is 0 Å². The van der Waals surface area contributed by atoms with Gasteiger partial charge in [0.25, 0.3) is 11.8 Å². The SMILES string of the molecule is CCNC(=O)c1ccc(-n2cc(C(N)=O)nn2)c(OCCCCCF)c1. The Labute approximate surface area is 150 Å². The Morgan fingerprint density at radius 3 is 2.77 bits per heavy atom. The van der Waals surface area contributed by atoms with E-state index in [0.29, 0.717) is 49.4 Å². The summed E-state index contributed by atoms with van der Waals surface area (Å²) in [4.78, 5) is 23.3. The summed E-state index contributed by atoms with van der Waals surface area (Å²) in [7, 11) is 0. The van der Waals surface area contributed by atoms with Gasteiger partial charge in [-0.15, -0.1) is 5.10 Å². The second-order valence-electron chi connectivity index (χ2n) is 5.55. The number of aromatic nitrogens is 3. The third kappa shape index (κ3) is 5.01. The Balaban J connectivity index is 2.26. The minimum atomic E-state index is -0.691. The third-order valence-electron chi connectivity index (χ3n) is 3.59. The molecule has 0 spiro atoms. The van der Waals surface area contributed by atoms with Gasteiger partial charge in [0.15, 0.2) is 5.69 Å². The topological polar surface area (TPSA) is 112 Å². The van der Waals surface area contributed by atoms with Crippen molar-refractivity contribution in [1.82, 2.24) is 20.3 Å².